The monoisotopic (exact) mass is 365 g/mol. The Morgan fingerprint density at radius 2 is 1.96 bits per heavy atom. The highest BCUT2D eigenvalue weighted by Gasteiger charge is 2.22. The first-order valence-corrected chi connectivity index (χ1v) is 9.08. The molecule has 0 aliphatic carbocycles. The van der Waals surface area contributed by atoms with Crippen LogP contribution >= 0.6 is 0 Å². The van der Waals surface area contributed by atoms with E-state index in [0.717, 1.165) is 31.5 Å². The lowest BCUT2D eigenvalue weighted by Crippen LogP contribution is -2.40. The van der Waals surface area contributed by atoms with Crippen LogP contribution in [0.2, 0.25) is 0 Å². The average molecular weight is 365 g/mol. The zero-order valence-electron chi connectivity index (χ0n) is 15.4. The molecule has 0 spiro atoms. The minimum Gasteiger partial charge on any atom is -0.484 e. The van der Waals surface area contributed by atoms with Crippen molar-refractivity contribution in [1.82, 2.24) is 15.3 Å². The number of rotatable bonds is 6. The van der Waals surface area contributed by atoms with Crippen LogP contribution in [-0.2, 0) is 4.79 Å². The highest BCUT2D eigenvalue weighted by Crippen LogP contribution is 2.22. The number of hydrogen-bond acceptors (Lipinski definition) is 6. The van der Waals surface area contributed by atoms with E-state index in [1.807, 2.05) is 31.2 Å². The van der Waals surface area contributed by atoms with E-state index in [1.165, 1.54) is 6.20 Å². The second-order valence-electron chi connectivity index (χ2n) is 6.68. The van der Waals surface area contributed by atoms with Crippen LogP contribution in [0.5, 0.6) is 5.75 Å². The van der Waals surface area contributed by atoms with Crippen LogP contribution in [0.1, 0.15) is 24.1 Å². The third kappa shape index (κ3) is 5.17. The molecule has 1 aliphatic rings. The third-order valence-electron chi connectivity index (χ3n) is 4.68. The summed E-state index contributed by atoms with van der Waals surface area (Å²) in [7, 11) is 0. The molecule has 140 valence electrons. The van der Waals surface area contributed by atoms with Crippen molar-refractivity contribution in [3.63, 3.8) is 0 Å². The molecule has 27 heavy (non-hydrogen) atoms. The van der Waals surface area contributed by atoms with Gasteiger partial charge in [-0.1, -0.05) is 17.7 Å². The Morgan fingerprint density at radius 3 is 2.67 bits per heavy atom. The molecule has 1 saturated heterocycles. The summed E-state index contributed by atoms with van der Waals surface area (Å²) in [6.07, 6.45) is 5.00. The van der Waals surface area contributed by atoms with Gasteiger partial charge in [-0.2, -0.15) is 5.26 Å². The third-order valence-corrected chi connectivity index (χ3v) is 4.68. The number of nitriles is 1. The van der Waals surface area contributed by atoms with Gasteiger partial charge in [0, 0.05) is 32.0 Å². The lowest BCUT2D eigenvalue weighted by molar-refractivity contribution is -0.123. The largest absolute Gasteiger partial charge is 0.484 e. The van der Waals surface area contributed by atoms with Crippen LogP contribution in [-0.4, -0.2) is 42.1 Å². The fourth-order valence-electron chi connectivity index (χ4n) is 3.08. The molecular formula is C20H23N5O2. The summed E-state index contributed by atoms with van der Waals surface area (Å²) < 4.78 is 5.50. The van der Waals surface area contributed by atoms with E-state index in [4.69, 9.17) is 10.00 Å². The molecule has 7 heteroatoms. The van der Waals surface area contributed by atoms with Crippen LogP contribution in [0, 0.1) is 24.2 Å². The zero-order chi connectivity index (χ0) is 19.1. The number of carbonyl (C=O) groups is 1. The van der Waals surface area contributed by atoms with Crippen LogP contribution < -0.4 is 15.0 Å². The number of piperidine rings is 1. The first kappa shape index (κ1) is 18.6. The second kappa shape index (κ2) is 8.99. The average Bonchev–Trinajstić information content (AvgIpc) is 2.72. The predicted octanol–water partition coefficient (Wildman–Crippen LogP) is 2.07. The zero-order valence-corrected chi connectivity index (χ0v) is 15.4. The number of carbonyl (C=O) groups excluding carboxylic acids is 1. The maximum Gasteiger partial charge on any atom is 0.257 e. The van der Waals surface area contributed by atoms with E-state index < -0.39 is 0 Å². The van der Waals surface area contributed by atoms with Crippen LogP contribution in [0.15, 0.2) is 36.7 Å². The highest BCUT2D eigenvalue weighted by molar-refractivity contribution is 5.77. The van der Waals surface area contributed by atoms with Gasteiger partial charge in [-0.05, 0) is 37.8 Å². The van der Waals surface area contributed by atoms with E-state index >= 15 is 0 Å². The van der Waals surface area contributed by atoms with Crippen LogP contribution in [0.3, 0.4) is 0 Å². The Morgan fingerprint density at radius 1 is 1.26 bits per heavy atom. The number of aromatic nitrogens is 2. The minimum atomic E-state index is -0.112. The molecule has 3 rings (SSSR count). The topological polar surface area (TPSA) is 91.1 Å². The molecule has 1 amide bonds. The summed E-state index contributed by atoms with van der Waals surface area (Å²) in [5, 5.41) is 12.1. The molecule has 1 aromatic carbocycles. The number of nitrogens with zero attached hydrogens (tertiary/aromatic N) is 4. The lowest BCUT2D eigenvalue weighted by Gasteiger charge is -2.32. The maximum atomic E-state index is 12.0. The van der Waals surface area contributed by atoms with E-state index in [-0.39, 0.29) is 12.5 Å². The van der Waals surface area contributed by atoms with Crippen molar-refractivity contribution in [3.8, 4) is 11.8 Å². The van der Waals surface area contributed by atoms with Crippen LogP contribution in [0.4, 0.5) is 5.82 Å². The van der Waals surface area contributed by atoms with Gasteiger partial charge in [-0.15, -0.1) is 0 Å². The molecule has 0 unspecified atom stereocenters. The Hall–Kier alpha value is -3.14. The number of amides is 1. The summed E-state index contributed by atoms with van der Waals surface area (Å²) >= 11 is 0. The Labute approximate surface area is 159 Å². The van der Waals surface area contributed by atoms with Gasteiger partial charge in [0.2, 0.25) is 0 Å². The van der Waals surface area contributed by atoms with Gasteiger partial charge < -0.3 is 15.0 Å². The van der Waals surface area contributed by atoms with E-state index in [1.54, 1.807) is 6.20 Å². The summed E-state index contributed by atoms with van der Waals surface area (Å²) in [6, 6.07) is 9.72. The smallest absolute Gasteiger partial charge is 0.257 e. The van der Waals surface area contributed by atoms with Gasteiger partial charge in [0.05, 0.1) is 0 Å². The number of aryl methyl sites for hydroxylation is 1. The normalized spacial score (nSPS) is 14.4. The number of hydrogen-bond donors (Lipinski definition) is 1. The summed E-state index contributed by atoms with van der Waals surface area (Å²) in [4.78, 5) is 22.4. The molecule has 1 fully saturated rings. The van der Waals surface area contributed by atoms with Crippen LogP contribution in [0.25, 0.3) is 0 Å². The molecule has 7 nitrogen and oxygen atoms in total. The first-order valence-electron chi connectivity index (χ1n) is 9.08. The molecular weight excluding hydrogens is 342 g/mol. The molecule has 1 N–H and O–H groups in total. The van der Waals surface area contributed by atoms with Crippen molar-refractivity contribution < 1.29 is 9.53 Å². The quantitative estimate of drug-likeness (QED) is 0.843. The van der Waals surface area contributed by atoms with Crippen molar-refractivity contribution in [3.05, 3.63) is 47.9 Å². The van der Waals surface area contributed by atoms with Gasteiger partial charge in [0.15, 0.2) is 18.1 Å². The molecule has 0 bridgehead atoms. The first-order chi connectivity index (χ1) is 13.2. The number of nitrogens with one attached hydrogen (secondary N) is 1. The second-order valence-corrected chi connectivity index (χ2v) is 6.68. The van der Waals surface area contributed by atoms with Crippen molar-refractivity contribution in [1.29, 1.82) is 5.26 Å². The standard InChI is InChI=1S/C20H23N5O2/c1-15-2-4-17(5-3-15)27-14-19(26)24-13-16-6-10-25(11-7-16)20-18(12-21)22-8-9-23-20/h2-5,8-9,16H,6-7,10-11,13-14H2,1H3,(H,24,26). The van der Waals surface area contributed by atoms with Crippen molar-refractivity contribution >= 4 is 11.7 Å². The molecule has 1 aliphatic heterocycles. The van der Waals surface area contributed by atoms with E-state index in [2.05, 4.69) is 26.3 Å². The molecule has 2 aromatic rings. The Balaban J connectivity index is 1.40. The minimum absolute atomic E-state index is 0.0209. The van der Waals surface area contributed by atoms with Crippen molar-refractivity contribution in [2.24, 2.45) is 5.92 Å². The van der Waals surface area contributed by atoms with E-state index in [9.17, 15) is 4.79 Å². The van der Waals surface area contributed by atoms with Gasteiger partial charge in [0.25, 0.3) is 5.91 Å². The number of ether oxygens (including phenoxy) is 1. The number of anilines is 1. The van der Waals surface area contributed by atoms with Gasteiger partial charge in [-0.3, -0.25) is 4.79 Å². The maximum absolute atomic E-state index is 12.0. The Bertz CT molecular complexity index is 808. The van der Waals surface area contributed by atoms with Crippen molar-refractivity contribution in [2.45, 2.75) is 19.8 Å². The fourth-order valence-corrected chi connectivity index (χ4v) is 3.08. The molecule has 0 saturated carbocycles. The van der Waals surface area contributed by atoms with Crippen molar-refractivity contribution in [2.75, 3.05) is 31.1 Å². The Kier molecular flexibility index (Phi) is 6.21. The fraction of sp³-hybridized carbons (Fsp3) is 0.400. The lowest BCUT2D eigenvalue weighted by atomic mass is 9.96. The van der Waals surface area contributed by atoms with Gasteiger partial charge in [-0.25, -0.2) is 9.97 Å². The van der Waals surface area contributed by atoms with Gasteiger partial charge >= 0.3 is 0 Å². The van der Waals surface area contributed by atoms with Gasteiger partial charge in [0.1, 0.15) is 11.8 Å². The molecule has 0 atom stereocenters. The predicted molar refractivity (Wildman–Crippen MR) is 101 cm³/mol. The summed E-state index contributed by atoms with van der Waals surface area (Å²) in [6.45, 7) is 4.26. The highest BCUT2D eigenvalue weighted by atomic mass is 16.5. The van der Waals surface area contributed by atoms with E-state index in [0.29, 0.717) is 29.7 Å². The molecule has 1 aromatic heterocycles. The molecule has 2 heterocycles. The summed E-state index contributed by atoms with van der Waals surface area (Å²) in [5.74, 6) is 1.64. The SMILES string of the molecule is Cc1ccc(OCC(=O)NCC2CCN(c3nccnc3C#N)CC2)cc1. The molecule has 0 radical (unpaired) electrons. The summed E-state index contributed by atoms with van der Waals surface area (Å²) in [5.41, 5.74) is 1.51. The number of benzene rings is 1.